The summed E-state index contributed by atoms with van der Waals surface area (Å²) in [6.45, 7) is 13.7. The van der Waals surface area contributed by atoms with Crippen LogP contribution in [0.2, 0.25) is 0 Å². The van der Waals surface area contributed by atoms with Gasteiger partial charge in [0.05, 0.1) is 6.61 Å². The number of ether oxygens (including phenoxy) is 1. The van der Waals surface area contributed by atoms with E-state index in [1.165, 1.54) is 25.7 Å². The van der Waals surface area contributed by atoms with Crippen molar-refractivity contribution >= 4 is 0 Å². The van der Waals surface area contributed by atoms with Crippen molar-refractivity contribution in [3.05, 3.63) is 0 Å². The molecular weight excluding hydrogens is 248 g/mol. The summed E-state index contributed by atoms with van der Waals surface area (Å²) in [6.07, 6.45) is 6.31. The van der Waals surface area contributed by atoms with E-state index in [-0.39, 0.29) is 5.54 Å². The summed E-state index contributed by atoms with van der Waals surface area (Å²) in [5.74, 6) is 1.60. The summed E-state index contributed by atoms with van der Waals surface area (Å²) < 4.78 is 5.80. The first-order valence-electron chi connectivity index (χ1n) is 8.57. The Bertz CT molecular complexity index is 247. The predicted octanol–water partition coefficient (Wildman–Crippen LogP) is 3.28. The van der Waals surface area contributed by atoms with Crippen molar-refractivity contribution < 1.29 is 4.74 Å². The van der Waals surface area contributed by atoms with Gasteiger partial charge in [0, 0.05) is 25.2 Å². The second-order valence-electron chi connectivity index (χ2n) is 6.99. The van der Waals surface area contributed by atoms with E-state index in [2.05, 4.69) is 32.6 Å². The molecule has 0 aromatic rings. The third-order valence-corrected chi connectivity index (χ3v) is 4.98. The zero-order valence-electron chi connectivity index (χ0n) is 14.2. The Morgan fingerprint density at radius 1 is 1.25 bits per heavy atom. The van der Waals surface area contributed by atoms with Crippen LogP contribution in [0.1, 0.15) is 59.8 Å². The monoisotopic (exact) mass is 284 g/mol. The first-order chi connectivity index (χ1) is 9.54. The van der Waals surface area contributed by atoms with Crippen molar-refractivity contribution in [3.8, 4) is 0 Å². The van der Waals surface area contributed by atoms with Gasteiger partial charge < -0.3 is 10.5 Å². The van der Waals surface area contributed by atoms with Gasteiger partial charge in [-0.2, -0.15) is 0 Å². The van der Waals surface area contributed by atoms with E-state index >= 15 is 0 Å². The average molecular weight is 284 g/mol. The third-order valence-electron chi connectivity index (χ3n) is 4.98. The molecule has 0 unspecified atom stereocenters. The molecule has 120 valence electrons. The Kier molecular flexibility index (Phi) is 8.08. The highest BCUT2D eigenvalue weighted by atomic mass is 16.5. The van der Waals surface area contributed by atoms with Crippen LogP contribution in [0.5, 0.6) is 0 Å². The Balaban J connectivity index is 2.39. The van der Waals surface area contributed by atoms with E-state index in [1.807, 2.05) is 0 Å². The van der Waals surface area contributed by atoms with Crippen molar-refractivity contribution in [1.29, 1.82) is 0 Å². The van der Waals surface area contributed by atoms with E-state index < -0.39 is 0 Å². The fourth-order valence-electron chi connectivity index (χ4n) is 3.28. The lowest BCUT2D eigenvalue weighted by atomic mass is 9.76. The summed E-state index contributed by atoms with van der Waals surface area (Å²) in [4.78, 5) is 2.58. The Morgan fingerprint density at radius 2 is 1.90 bits per heavy atom. The first kappa shape index (κ1) is 17.9. The zero-order valence-corrected chi connectivity index (χ0v) is 14.2. The largest absolute Gasteiger partial charge is 0.380 e. The van der Waals surface area contributed by atoms with Gasteiger partial charge in [-0.05, 0) is 50.5 Å². The van der Waals surface area contributed by atoms with Crippen LogP contribution in [0.25, 0.3) is 0 Å². The number of hydrogen-bond acceptors (Lipinski definition) is 3. The molecule has 20 heavy (non-hydrogen) atoms. The van der Waals surface area contributed by atoms with Crippen molar-refractivity contribution in [1.82, 2.24) is 4.90 Å². The van der Waals surface area contributed by atoms with Gasteiger partial charge in [0.15, 0.2) is 0 Å². The lowest BCUT2D eigenvalue weighted by Gasteiger charge is -2.47. The number of likely N-dealkylation sites (N-methyl/N-ethyl adjacent to an activating group) is 1. The van der Waals surface area contributed by atoms with E-state index in [4.69, 9.17) is 10.5 Å². The molecule has 0 bridgehead atoms. The number of hydrogen-bond donors (Lipinski definition) is 1. The van der Waals surface area contributed by atoms with Gasteiger partial charge >= 0.3 is 0 Å². The lowest BCUT2D eigenvalue weighted by Crippen LogP contribution is -2.56. The zero-order chi connectivity index (χ0) is 15.0. The third kappa shape index (κ3) is 5.34. The Hall–Kier alpha value is -0.120. The predicted molar refractivity (Wildman–Crippen MR) is 86.9 cm³/mol. The van der Waals surface area contributed by atoms with Gasteiger partial charge in [0.2, 0.25) is 0 Å². The van der Waals surface area contributed by atoms with Crippen LogP contribution < -0.4 is 5.73 Å². The molecule has 1 aliphatic rings. The minimum Gasteiger partial charge on any atom is -0.380 e. The van der Waals surface area contributed by atoms with Gasteiger partial charge in [-0.15, -0.1) is 0 Å². The molecule has 3 nitrogen and oxygen atoms in total. The second-order valence-corrected chi connectivity index (χ2v) is 6.99. The van der Waals surface area contributed by atoms with Gasteiger partial charge in [-0.25, -0.2) is 0 Å². The molecule has 0 aromatic heterocycles. The fourth-order valence-corrected chi connectivity index (χ4v) is 3.28. The summed E-state index contributed by atoms with van der Waals surface area (Å²) in [6, 6.07) is 0. The Labute approximate surface area is 126 Å². The molecule has 1 rings (SSSR count). The minimum absolute atomic E-state index is 0.239. The molecule has 0 saturated heterocycles. The van der Waals surface area contributed by atoms with Crippen LogP contribution in [0.15, 0.2) is 0 Å². The molecule has 0 aromatic carbocycles. The highest BCUT2D eigenvalue weighted by Crippen LogP contribution is 2.35. The topological polar surface area (TPSA) is 38.5 Å². The second kappa shape index (κ2) is 9.01. The maximum absolute atomic E-state index is 6.15. The van der Waals surface area contributed by atoms with Crippen LogP contribution in [-0.4, -0.2) is 43.3 Å². The number of nitrogens with two attached hydrogens (primary N) is 1. The van der Waals surface area contributed by atoms with Crippen LogP contribution in [0, 0.1) is 11.8 Å². The molecule has 0 heterocycles. The average Bonchev–Trinajstić information content (AvgIpc) is 2.44. The van der Waals surface area contributed by atoms with E-state index in [0.717, 1.165) is 51.1 Å². The highest BCUT2D eigenvalue weighted by Gasteiger charge is 2.37. The summed E-state index contributed by atoms with van der Waals surface area (Å²) in [7, 11) is 0. The molecule has 1 aliphatic carbocycles. The molecule has 1 saturated carbocycles. The first-order valence-corrected chi connectivity index (χ1v) is 8.57. The fraction of sp³-hybridized carbons (Fsp3) is 1.00. The standard InChI is InChI=1S/C17H36N2O/c1-5-19(11-13-20-12-8-15(2)3)17(14-18)9-6-16(4)7-10-17/h15-16H,5-14,18H2,1-4H3. The van der Waals surface area contributed by atoms with Crippen LogP contribution in [0.4, 0.5) is 0 Å². The molecule has 2 N–H and O–H groups in total. The number of nitrogens with zero attached hydrogens (tertiary/aromatic N) is 1. The minimum atomic E-state index is 0.239. The van der Waals surface area contributed by atoms with Gasteiger partial charge in [-0.3, -0.25) is 4.90 Å². The van der Waals surface area contributed by atoms with Crippen molar-refractivity contribution in [2.24, 2.45) is 17.6 Å². The van der Waals surface area contributed by atoms with Gasteiger partial charge in [0.25, 0.3) is 0 Å². The van der Waals surface area contributed by atoms with Crippen LogP contribution >= 0.6 is 0 Å². The lowest BCUT2D eigenvalue weighted by molar-refractivity contribution is 0.0176. The Morgan fingerprint density at radius 3 is 2.40 bits per heavy atom. The number of rotatable bonds is 9. The van der Waals surface area contributed by atoms with Crippen LogP contribution in [-0.2, 0) is 4.74 Å². The molecule has 3 heteroatoms. The normalized spacial score (nSPS) is 27.4. The van der Waals surface area contributed by atoms with E-state index in [0.29, 0.717) is 0 Å². The van der Waals surface area contributed by atoms with Gasteiger partial charge in [-0.1, -0.05) is 27.7 Å². The molecule has 0 spiro atoms. The van der Waals surface area contributed by atoms with Gasteiger partial charge in [0.1, 0.15) is 0 Å². The molecule has 0 amide bonds. The highest BCUT2D eigenvalue weighted by molar-refractivity contribution is 4.95. The summed E-state index contributed by atoms with van der Waals surface area (Å²) >= 11 is 0. The van der Waals surface area contributed by atoms with E-state index in [9.17, 15) is 0 Å². The summed E-state index contributed by atoms with van der Waals surface area (Å²) in [5.41, 5.74) is 6.39. The van der Waals surface area contributed by atoms with E-state index in [1.54, 1.807) is 0 Å². The molecule has 0 radical (unpaired) electrons. The van der Waals surface area contributed by atoms with Crippen molar-refractivity contribution in [3.63, 3.8) is 0 Å². The maximum Gasteiger partial charge on any atom is 0.0593 e. The summed E-state index contributed by atoms with van der Waals surface area (Å²) in [5, 5.41) is 0. The maximum atomic E-state index is 6.15. The van der Waals surface area contributed by atoms with Crippen LogP contribution in [0.3, 0.4) is 0 Å². The van der Waals surface area contributed by atoms with Crippen molar-refractivity contribution in [2.75, 3.05) is 32.8 Å². The SMILES string of the molecule is CCN(CCOCCC(C)C)C1(CN)CCC(C)CC1. The molecule has 1 fully saturated rings. The quantitative estimate of drug-likeness (QED) is 0.660. The smallest absolute Gasteiger partial charge is 0.0593 e. The molecule has 0 aliphatic heterocycles. The molecule has 0 atom stereocenters. The van der Waals surface area contributed by atoms with Crippen molar-refractivity contribution in [2.45, 2.75) is 65.3 Å². The molecular formula is C17H36N2O.